The van der Waals surface area contributed by atoms with Crippen LogP contribution >= 0.6 is 23.8 Å². The molecule has 1 aliphatic heterocycles. The lowest BCUT2D eigenvalue weighted by Crippen LogP contribution is -2.54. The molecule has 2 aromatic rings. The maximum absolute atomic E-state index is 12.8. The maximum atomic E-state index is 12.8. The van der Waals surface area contributed by atoms with Gasteiger partial charge in [-0.3, -0.25) is 19.8 Å². The van der Waals surface area contributed by atoms with Crippen molar-refractivity contribution in [1.29, 1.82) is 0 Å². The van der Waals surface area contributed by atoms with Crippen LogP contribution in [0.4, 0.5) is 5.69 Å². The Hall–Kier alpha value is -3.23. The van der Waals surface area contributed by atoms with Crippen LogP contribution in [0.15, 0.2) is 48.0 Å². The molecule has 0 aromatic heterocycles. The van der Waals surface area contributed by atoms with Gasteiger partial charge in [0, 0.05) is 10.6 Å². The molecule has 3 rings (SSSR count). The lowest BCUT2D eigenvalue weighted by atomic mass is 10.0. The lowest BCUT2D eigenvalue weighted by Gasteiger charge is -2.29. The summed E-state index contributed by atoms with van der Waals surface area (Å²) in [5.41, 5.74) is -0.254. The van der Waals surface area contributed by atoms with Crippen molar-refractivity contribution in [3.05, 3.63) is 64.2 Å². The Bertz CT molecular complexity index is 1020. The molecule has 0 spiro atoms. The number of rotatable bonds is 3. The Labute approximate surface area is 163 Å². The van der Waals surface area contributed by atoms with E-state index in [0.717, 1.165) is 11.0 Å². The molecule has 0 saturated carbocycles. The molecule has 0 bridgehead atoms. The smallest absolute Gasteiger partial charge is 0.339 e. The number of hydrogen-bond donors (Lipinski definition) is 3. The molecule has 2 amide bonds. The zero-order chi connectivity index (χ0) is 19.7. The second kappa shape index (κ2) is 7.18. The van der Waals surface area contributed by atoms with Crippen LogP contribution in [0.25, 0.3) is 6.08 Å². The highest BCUT2D eigenvalue weighted by atomic mass is 35.5. The third-order valence-electron chi connectivity index (χ3n) is 3.78. The quantitative estimate of drug-likeness (QED) is 0.414. The summed E-state index contributed by atoms with van der Waals surface area (Å²) in [4.78, 5) is 37.3. The minimum absolute atomic E-state index is 0.0114. The van der Waals surface area contributed by atoms with E-state index in [9.17, 15) is 19.5 Å². The third kappa shape index (κ3) is 3.53. The predicted octanol–water partition coefficient (Wildman–Crippen LogP) is 2.58. The fraction of sp³-hybridized carbons (Fsp3) is 0. The van der Waals surface area contributed by atoms with Crippen molar-refractivity contribution in [2.75, 3.05) is 4.90 Å². The lowest BCUT2D eigenvalue weighted by molar-refractivity contribution is -0.122. The number of anilines is 1. The first-order valence-electron chi connectivity index (χ1n) is 7.52. The number of hydrogen-bond acceptors (Lipinski definition) is 5. The summed E-state index contributed by atoms with van der Waals surface area (Å²) in [6.45, 7) is 0. The number of nitrogens with zero attached hydrogens (tertiary/aromatic N) is 1. The average Bonchev–Trinajstić information content (AvgIpc) is 2.61. The molecule has 0 unspecified atom stereocenters. The fourth-order valence-corrected chi connectivity index (χ4v) is 2.90. The van der Waals surface area contributed by atoms with Crippen LogP contribution in [0.5, 0.6) is 5.75 Å². The van der Waals surface area contributed by atoms with E-state index in [1.807, 2.05) is 0 Å². The second-order valence-corrected chi connectivity index (χ2v) is 6.31. The van der Waals surface area contributed by atoms with Crippen LogP contribution in [0.3, 0.4) is 0 Å². The second-order valence-electron chi connectivity index (χ2n) is 5.48. The van der Waals surface area contributed by atoms with Crippen molar-refractivity contribution in [1.82, 2.24) is 5.32 Å². The Morgan fingerprint density at radius 1 is 1.15 bits per heavy atom. The molecular formula is C18H11ClN2O5S. The highest BCUT2D eigenvalue weighted by Gasteiger charge is 2.34. The summed E-state index contributed by atoms with van der Waals surface area (Å²) < 4.78 is 0. The zero-order valence-electron chi connectivity index (χ0n) is 13.5. The van der Waals surface area contributed by atoms with Gasteiger partial charge in [-0.2, -0.15) is 0 Å². The highest BCUT2D eigenvalue weighted by molar-refractivity contribution is 7.80. The molecule has 27 heavy (non-hydrogen) atoms. The van der Waals surface area contributed by atoms with E-state index < -0.39 is 23.5 Å². The molecule has 0 atom stereocenters. The zero-order valence-corrected chi connectivity index (χ0v) is 15.0. The number of carbonyl (C=O) groups is 3. The maximum Gasteiger partial charge on any atom is 0.339 e. The van der Waals surface area contributed by atoms with Crippen molar-refractivity contribution in [3.8, 4) is 5.75 Å². The van der Waals surface area contributed by atoms with Gasteiger partial charge in [0.15, 0.2) is 5.11 Å². The van der Waals surface area contributed by atoms with Gasteiger partial charge in [0.25, 0.3) is 11.8 Å². The largest absolute Gasteiger partial charge is 0.506 e. The van der Waals surface area contributed by atoms with Gasteiger partial charge in [0.2, 0.25) is 0 Å². The molecule has 7 nitrogen and oxygen atoms in total. The van der Waals surface area contributed by atoms with Crippen LogP contribution in [-0.4, -0.2) is 33.1 Å². The molecule has 1 saturated heterocycles. The molecule has 0 radical (unpaired) electrons. The van der Waals surface area contributed by atoms with Gasteiger partial charge in [-0.05, 0) is 48.6 Å². The minimum atomic E-state index is -1.34. The van der Waals surface area contributed by atoms with Crippen LogP contribution in [-0.2, 0) is 9.59 Å². The first kappa shape index (κ1) is 18.6. The van der Waals surface area contributed by atoms with E-state index in [1.165, 1.54) is 18.2 Å². The number of amides is 2. The standard InChI is InChI=1S/C18H11ClN2O5S/c19-10-4-6-11(7-5-10)21-16(24)13(15(23)20-18(21)27)8-9-2-1-3-12(14(9)22)17(25)26/h1-8,22H,(H,25,26)(H,20,23,27). The number of aromatic hydroxyl groups is 1. The Morgan fingerprint density at radius 2 is 1.81 bits per heavy atom. The van der Waals surface area contributed by atoms with Gasteiger partial charge in [-0.1, -0.05) is 23.7 Å². The Kier molecular flexibility index (Phi) is 4.93. The summed E-state index contributed by atoms with van der Waals surface area (Å²) in [5.74, 6) is -3.36. The van der Waals surface area contributed by atoms with Crippen molar-refractivity contribution < 1.29 is 24.6 Å². The monoisotopic (exact) mass is 402 g/mol. The number of phenols is 1. The van der Waals surface area contributed by atoms with Gasteiger partial charge in [-0.15, -0.1) is 0 Å². The molecule has 3 N–H and O–H groups in total. The number of carboxylic acid groups (broad SMARTS) is 1. The van der Waals surface area contributed by atoms with Crippen LogP contribution in [0, 0.1) is 0 Å². The summed E-state index contributed by atoms with van der Waals surface area (Å²) in [7, 11) is 0. The summed E-state index contributed by atoms with van der Waals surface area (Å²) in [6, 6.07) is 10.2. The Balaban J connectivity index is 2.06. The molecule has 2 aromatic carbocycles. The average molecular weight is 403 g/mol. The van der Waals surface area contributed by atoms with Gasteiger partial charge < -0.3 is 10.2 Å². The van der Waals surface area contributed by atoms with Crippen LogP contribution < -0.4 is 10.2 Å². The van der Waals surface area contributed by atoms with Crippen LogP contribution in [0.1, 0.15) is 15.9 Å². The fourth-order valence-electron chi connectivity index (χ4n) is 2.49. The first-order chi connectivity index (χ1) is 12.8. The molecular weight excluding hydrogens is 392 g/mol. The van der Waals surface area contributed by atoms with E-state index in [0.29, 0.717) is 10.7 Å². The van der Waals surface area contributed by atoms with Crippen molar-refractivity contribution in [2.45, 2.75) is 0 Å². The molecule has 9 heteroatoms. The van der Waals surface area contributed by atoms with E-state index in [2.05, 4.69) is 5.32 Å². The van der Waals surface area contributed by atoms with E-state index in [4.69, 9.17) is 28.9 Å². The van der Waals surface area contributed by atoms with Crippen molar-refractivity contribution in [2.24, 2.45) is 0 Å². The summed E-state index contributed by atoms with van der Waals surface area (Å²) in [5, 5.41) is 21.9. The highest BCUT2D eigenvalue weighted by Crippen LogP contribution is 2.28. The number of aromatic carboxylic acids is 1. The number of para-hydroxylation sites is 1. The van der Waals surface area contributed by atoms with Gasteiger partial charge in [-0.25, -0.2) is 4.79 Å². The Morgan fingerprint density at radius 3 is 2.44 bits per heavy atom. The molecule has 1 aliphatic rings. The van der Waals surface area contributed by atoms with E-state index >= 15 is 0 Å². The van der Waals surface area contributed by atoms with E-state index in [-0.39, 0.29) is 21.8 Å². The number of carbonyl (C=O) groups excluding carboxylic acids is 2. The number of thiocarbonyl (C=S) groups is 1. The SMILES string of the molecule is O=C1NC(=S)N(c2ccc(Cl)cc2)C(=O)C1=Cc1cccc(C(=O)O)c1O. The third-order valence-corrected chi connectivity index (χ3v) is 4.32. The van der Waals surface area contributed by atoms with Gasteiger partial charge in [0.1, 0.15) is 16.9 Å². The van der Waals surface area contributed by atoms with Crippen LogP contribution in [0.2, 0.25) is 5.02 Å². The number of nitrogens with one attached hydrogen (secondary N) is 1. The normalized spacial score (nSPS) is 15.8. The molecule has 1 fully saturated rings. The van der Waals surface area contributed by atoms with Gasteiger partial charge >= 0.3 is 5.97 Å². The molecule has 0 aliphatic carbocycles. The number of halogens is 1. The van der Waals surface area contributed by atoms with Gasteiger partial charge in [0.05, 0.1) is 5.69 Å². The first-order valence-corrected chi connectivity index (χ1v) is 8.30. The minimum Gasteiger partial charge on any atom is -0.506 e. The predicted molar refractivity (Wildman–Crippen MR) is 103 cm³/mol. The topological polar surface area (TPSA) is 107 Å². The summed E-state index contributed by atoms with van der Waals surface area (Å²) in [6.07, 6.45) is 1.12. The van der Waals surface area contributed by atoms with E-state index in [1.54, 1.807) is 24.3 Å². The number of carboxylic acids is 1. The van der Waals surface area contributed by atoms with Crippen molar-refractivity contribution >= 4 is 58.5 Å². The molecule has 136 valence electrons. The van der Waals surface area contributed by atoms with Crippen molar-refractivity contribution in [3.63, 3.8) is 0 Å². The summed E-state index contributed by atoms with van der Waals surface area (Å²) >= 11 is 10.9. The molecule has 1 heterocycles. The number of benzene rings is 2.